The van der Waals surface area contributed by atoms with Gasteiger partial charge < -0.3 is 5.32 Å². The van der Waals surface area contributed by atoms with Crippen molar-refractivity contribution < 1.29 is 9.18 Å². The van der Waals surface area contributed by atoms with Crippen LogP contribution in [-0.2, 0) is 6.54 Å². The minimum absolute atomic E-state index is 0.105. The van der Waals surface area contributed by atoms with Crippen LogP contribution in [0.25, 0.3) is 11.1 Å². The maximum atomic E-state index is 13.1. The second-order valence-electron chi connectivity index (χ2n) is 4.98. The Morgan fingerprint density at radius 3 is 2.74 bits per heavy atom. The fourth-order valence-corrected chi connectivity index (χ4v) is 3.23. The van der Waals surface area contributed by atoms with Crippen LogP contribution >= 0.6 is 22.9 Å². The van der Waals surface area contributed by atoms with Gasteiger partial charge in [0.1, 0.15) is 5.82 Å². The Morgan fingerprint density at radius 2 is 2.00 bits per heavy atom. The summed E-state index contributed by atoms with van der Waals surface area (Å²) in [5, 5.41) is 7.02. The van der Waals surface area contributed by atoms with Crippen LogP contribution in [0.3, 0.4) is 0 Å². The quantitative estimate of drug-likeness (QED) is 0.697. The first-order valence-electron chi connectivity index (χ1n) is 6.99. The zero-order valence-electron chi connectivity index (χ0n) is 12.1. The minimum atomic E-state index is -0.464. The molecule has 0 unspecified atom stereocenters. The molecule has 1 aromatic heterocycles. The van der Waals surface area contributed by atoms with E-state index in [1.807, 2.05) is 35.7 Å². The number of thiophene rings is 1. The van der Waals surface area contributed by atoms with Crippen LogP contribution in [0.15, 0.2) is 59.3 Å². The van der Waals surface area contributed by atoms with Crippen LogP contribution < -0.4 is 5.32 Å². The van der Waals surface area contributed by atoms with E-state index in [9.17, 15) is 9.18 Å². The number of nitrogens with one attached hydrogen (secondary N) is 1. The SMILES string of the molecule is O=C(NCc1ccccc1-c1ccsc1)c1ccc(F)cc1Cl. The van der Waals surface area contributed by atoms with Crippen LogP contribution in [0.4, 0.5) is 4.39 Å². The number of carbonyl (C=O) groups is 1. The second kappa shape index (κ2) is 6.94. The predicted molar refractivity (Wildman–Crippen MR) is 92.3 cm³/mol. The van der Waals surface area contributed by atoms with Crippen LogP contribution in [0, 0.1) is 5.82 Å². The highest BCUT2D eigenvalue weighted by atomic mass is 35.5. The third kappa shape index (κ3) is 3.60. The van der Waals surface area contributed by atoms with E-state index in [0.29, 0.717) is 6.54 Å². The van der Waals surface area contributed by atoms with Gasteiger partial charge >= 0.3 is 0 Å². The highest BCUT2D eigenvalue weighted by Gasteiger charge is 2.12. The number of carbonyl (C=O) groups excluding carboxylic acids is 1. The van der Waals surface area contributed by atoms with E-state index in [-0.39, 0.29) is 16.5 Å². The van der Waals surface area contributed by atoms with Gasteiger partial charge in [-0.2, -0.15) is 11.3 Å². The Morgan fingerprint density at radius 1 is 1.17 bits per heavy atom. The molecule has 1 N–H and O–H groups in total. The van der Waals surface area contributed by atoms with Gasteiger partial charge in [-0.15, -0.1) is 0 Å². The van der Waals surface area contributed by atoms with E-state index >= 15 is 0 Å². The molecule has 5 heteroatoms. The third-order valence-electron chi connectivity index (χ3n) is 3.46. The van der Waals surface area contributed by atoms with Gasteiger partial charge in [0.05, 0.1) is 10.6 Å². The van der Waals surface area contributed by atoms with Crippen LogP contribution in [0.1, 0.15) is 15.9 Å². The van der Waals surface area contributed by atoms with Gasteiger partial charge in [0.2, 0.25) is 0 Å². The van der Waals surface area contributed by atoms with Gasteiger partial charge in [0.25, 0.3) is 5.91 Å². The lowest BCUT2D eigenvalue weighted by Gasteiger charge is -2.10. The van der Waals surface area contributed by atoms with Crippen molar-refractivity contribution in [2.45, 2.75) is 6.54 Å². The molecule has 0 aliphatic carbocycles. The Balaban J connectivity index is 1.77. The Bertz CT molecular complexity index is 833. The van der Waals surface area contributed by atoms with Gasteiger partial charge in [-0.1, -0.05) is 35.9 Å². The number of benzene rings is 2. The van der Waals surface area contributed by atoms with E-state index in [1.165, 1.54) is 12.1 Å². The fourth-order valence-electron chi connectivity index (χ4n) is 2.32. The maximum absolute atomic E-state index is 13.1. The smallest absolute Gasteiger partial charge is 0.253 e. The molecule has 0 aliphatic rings. The van der Waals surface area contributed by atoms with Gasteiger partial charge in [0, 0.05) is 6.54 Å². The molecule has 0 radical (unpaired) electrons. The minimum Gasteiger partial charge on any atom is -0.348 e. The molecular formula is C18H13ClFNOS. The summed E-state index contributed by atoms with van der Waals surface area (Å²) in [4.78, 5) is 12.2. The molecule has 23 heavy (non-hydrogen) atoms. The normalized spacial score (nSPS) is 10.5. The molecule has 116 valence electrons. The number of hydrogen-bond acceptors (Lipinski definition) is 2. The number of halogens is 2. The maximum Gasteiger partial charge on any atom is 0.253 e. The van der Waals surface area contributed by atoms with E-state index < -0.39 is 5.82 Å². The summed E-state index contributed by atoms with van der Waals surface area (Å²) in [6, 6.07) is 13.7. The molecule has 0 fully saturated rings. The average Bonchev–Trinajstić information content (AvgIpc) is 3.07. The zero-order chi connectivity index (χ0) is 16.2. The summed E-state index contributed by atoms with van der Waals surface area (Å²) >= 11 is 7.55. The highest BCUT2D eigenvalue weighted by molar-refractivity contribution is 7.08. The van der Waals surface area contributed by atoms with Crippen LogP contribution in [0.5, 0.6) is 0 Å². The lowest BCUT2D eigenvalue weighted by atomic mass is 10.0. The summed E-state index contributed by atoms with van der Waals surface area (Å²) in [6.45, 7) is 0.374. The largest absolute Gasteiger partial charge is 0.348 e. The van der Waals surface area contributed by atoms with E-state index in [4.69, 9.17) is 11.6 Å². The second-order valence-corrected chi connectivity index (χ2v) is 6.16. The van der Waals surface area contributed by atoms with E-state index in [2.05, 4.69) is 10.7 Å². The molecule has 2 nitrogen and oxygen atoms in total. The van der Waals surface area contributed by atoms with Crippen LogP contribution in [-0.4, -0.2) is 5.91 Å². The number of hydrogen-bond donors (Lipinski definition) is 1. The Hall–Kier alpha value is -2.17. The standard InChI is InChI=1S/C18H13ClFNOS/c19-17-9-14(20)5-6-16(17)18(22)21-10-12-3-1-2-4-15(12)13-7-8-23-11-13/h1-9,11H,10H2,(H,21,22). The van der Waals surface area contributed by atoms with Gasteiger partial charge in [-0.05, 0) is 51.7 Å². The molecule has 0 spiro atoms. The molecule has 3 rings (SSSR count). The number of amides is 1. The predicted octanol–water partition coefficient (Wildman–Crippen LogP) is 5.14. The molecule has 0 bridgehead atoms. The van der Waals surface area contributed by atoms with Gasteiger partial charge in [0.15, 0.2) is 0 Å². The molecule has 1 amide bonds. The van der Waals surface area contributed by atoms with Crippen molar-refractivity contribution >= 4 is 28.8 Å². The highest BCUT2D eigenvalue weighted by Crippen LogP contribution is 2.26. The van der Waals surface area contributed by atoms with Crippen molar-refractivity contribution in [3.05, 3.63) is 81.3 Å². The summed E-state index contributed by atoms with van der Waals surface area (Å²) < 4.78 is 13.1. The van der Waals surface area contributed by atoms with E-state index in [1.54, 1.807) is 11.3 Å². The van der Waals surface area contributed by atoms with Crippen molar-refractivity contribution in [2.24, 2.45) is 0 Å². The fraction of sp³-hybridized carbons (Fsp3) is 0.0556. The molecule has 0 atom stereocenters. The van der Waals surface area contributed by atoms with Crippen molar-refractivity contribution in [3.63, 3.8) is 0 Å². The van der Waals surface area contributed by atoms with Crippen LogP contribution in [0.2, 0.25) is 5.02 Å². The van der Waals surface area contributed by atoms with Crippen molar-refractivity contribution in [3.8, 4) is 11.1 Å². The first-order chi connectivity index (χ1) is 11.1. The van der Waals surface area contributed by atoms with Gasteiger partial charge in [-0.3, -0.25) is 4.79 Å². The zero-order valence-corrected chi connectivity index (χ0v) is 13.6. The van der Waals surface area contributed by atoms with Gasteiger partial charge in [-0.25, -0.2) is 4.39 Å². The monoisotopic (exact) mass is 345 g/mol. The molecule has 0 saturated heterocycles. The summed E-state index contributed by atoms with van der Waals surface area (Å²) in [7, 11) is 0. The Kier molecular flexibility index (Phi) is 4.74. The molecule has 3 aromatic rings. The topological polar surface area (TPSA) is 29.1 Å². The molecule has 1 heterocycles. The van der Waals surface area contributed by atoms with Crippen molar-refractivity contribution in [1.82, 2.24) is 5.32 Å². The lowest BCUT2D eigenvalue weighted by Crippen LogP contribution is -2.23. The van der Waals surface area contributed by atoms with Crippen molar-refractivity contribution in [2.75, 3.05) is 0 Å². The summed E-state index contributed by atoms with van der Waals surface area (Å²) in [5.74, 6) is -0.788. The molecular weight excluding hydrogens is 333 g/mol. The first-order valence-corrected chi connectivity index (χ1v) is 8.31. The number of rotatable bonds is 4. The average molecular weight is 346 g/mol. The van der Waals surface area contributed by atoms with Crippen molar-refractivity contribution in [1.29, 1.82) is 0 Å². The molecule has 0 aliphatic heterocycles. The lowest BCUT2D eigenvalue weighted by molar-refractivity contribution is 0.0951. The first kappa shape index (κ1) is 15.7. The Labute approximate surface area is 142 Å². The molecule has 2 aromatic carbocycles. The molecule has 0 saturated carbocycles. The summed E-state index contributed by atoms with van der Waals surface area (Å²) in [6.07, 6.45) is 0. The summed E-state index contributed by atoms with van der Waals surface area (Å²) in [5.41, 5.74) is 3.48. The third-order valence-corrected chi connectivity index (χ3v) is 4.46. The van der Waals surface area contributed by atoms with E-state index in [0.717, 1.165) is 22.8 Å².